The number of benzene rings is 1. The molecule has 0 bridgehead atoms. The lowest BCUT2D eigenvalue weighted by Crippen LogP contribution is -2.24. The Morgan fingerprint density at radius 2 is 2.06 bits per heavy atom. The molecule has 0 aliphatic carbocycles. The Kier molecular flexibility index (Phi) is 3.41. The van der Waals surface area contributed by atoms with Gasteiger partial charge in [-0.2, -0.15) is 0 Å². The van der Waals surface area contributed by atoms with Gasteiger partial charge in [0.1, 0.15) is 5.60 Å². The van der Waals surface area contributed by atoms with Crippen molar-refractivity contribution < 1.29 is 9.53 Å². The molecule has 0 aliphatic rings. The minimum Gasteiger partial charge on any atom is -0.460 e. The van der Waals surface area contributed by atoms with Crippen molar-refractivity contribution in [2.45, 2.75) is 32.8 Å². The second-order valence-corrected chi connectivity index (χ2v) is 5.30. The van der Waals surface area contributed by atoms with Gasteiger partial charge in [-0.05, 0) is 38.8 Å². The summed E-state index contributed by atoms with van der Waals surface area (Å²) in [5.74, 6) is -0.271. The van der Waals surface area contributed by atoms with Crippen molar-refractivity contribution in [2.75, 3.05) is 0 Å². The summed E-state index contributed by atoms with van der Waals surface area (Å²) in [5.41, 5.74) is 1.76. The molecule has 0 amide bonds. The molecule has 0 fully saturated rings. The number of fused-ring (bicyclic) bond motifs is 1. The number of carbonyl (C=O) groups excluding carboxylic acids is 1. The molecule has 0 unspecified atom stereocenters. The smallest absolute Gasteiger partial charge is 0.310 e. The van der Waals surface area contributed by atoms with Gasteiger partial charge in [0.25, 0.3) is 0 Å². The van der Waals surface area contributed by atoms with Gasteiger partial charge < -0.3 is 9.72 Å². The molecule has 2 aromatic rings. The number of aromatic amines is 1. The van der Waals surface area contributed by atoms with Crippen molar-refractivity contribution in [3.63, 3.8) is 0 Å². The highest BCUT2D eigenvalue weighted by molar-refractivity contribution is 5.85. The molecule has 0 aliphatic heterocycles. The van der Waals surface area contributed by atoms with Crippen LogP contribution in [0, 0.1) is 6.42 Å². The number of aromatic nitrogens is 1. The van der Waals surface area contributed by atoms with E-state index in [4.69, 9.17) is 4.74 Å². The van der Waals surface area contributed by atoms with E-state index in [1.54, 1.807) is 6.42 Å². The van der Waals surface area contributed by atoms with E-state index in [0.717, 1.165) is 16.5 Å². The second kappa shape index (κ2) is 4.84. The summed E-state index contributed by atoms with van der Waals surface area (Å²) < 4.78 is 5.24. The summed E-state index contributed by atoms with van der Waals surface area (Å²) >= 11 is 0. The maximum absolute atomic E-state index is 11.6. The number of para-hydroxylation sites is 1. The number of hydrogen-bond acceptors (Lipinski definition) is 2. The molecule has 0 saturated heterocycles. The van der Waals surface area contributed by atoms with Gasteiger partial charge in [0, 0.05) is 17.1 Å². The Bertz CT molecular complexity index is 549. The van der Waals surface area contributed by atoms with Crippen molar-refractivity contribution in [3.05, 3.63) is 42.4 Å². The highest BCUT2D eigenvalue weighted by Gasteiger charge is 2.16. The lowest BCUT2D eigenvalue weighted by atomic mass is 10.1. The van der Waals surface area contributed by atoms with E-state index in [0.29, 0.717) is 6.42 Å². The highest BCUT2D eigenvalue weighted by atomic mass is 16.6. The van der Waals surface area contributed by atoms with E-state index < -0.39 is 5.60 Å². The van der Waals surface area contributed by atoms with Crippen LogP contribution in [0.4, 0.5) is 0 Å². The summed E-state index contributed by atoms with van der Waals surface area (Å²) in [6, 6.07) is 8.05. The molecule has 1 heterocycles. The van der Waals surface area contributed by atoms with E-state index in [9.17, 15) is 4.79 Å². The third kappa shape index (κ3) is 3.13. The first kappa shape index (κ1) is 12.7. The molecule has 1 radical (unpaired) electrons. The lowest BCUT2D eigenvalue weighted by molar-refractivity contribution is -0.150. The molecule has 1 aromatic carbocycles. The molecule has 0 saturated carbocycles. The first-order valence-electron chi connectivity index (χ1n) is 6.07. The number of carbonyl (C=O) groups is 1. The van der Waals surface area contributed by atoms with E-state index >= 15 is 0 Å². The molecule has 95 valence electrons. The summed E-state index contributed by atoms with van der Waals surface area (Å²) in [4.78, 5) is 14.8. The number of rotatable bonds is 3. The third-order valence-corrected chi connectivity index (χ3v) is 2.57. The monoisotopic (exact) mass is 244 g/mol. The first-order valence-corrected chi connectivity index (χ1v) is 6.07. The maximum atomic E-state index is 11.6. The van der Waals surface area contributed by atoms with Crippen LogP contribution in [0.25, 0.3) is 10.9 Å². The third-order valence-electron chi connectivity index (χ3n) is 2.57. The number of nitrogens with one attached hydrogen (secondary N) is 1. The van der Waals surface area contributed by atoms with Crippen LogP contribution < -0.4 is 0 Å². The van der Waals surface area contributed by atoms with Crippen LogP contribution in [0.2, 0.25) is 0 Å². The zero-order valence-electron chi connectivity index (χ0n) is 11.0. The number of H-pyrrole nitrogens is 1. The van der Waals surface area contributed by atoms with Crippen LogP contribution in [0.5, 0.6) is 0 Å². The zero-order chi connectivity index (χ0) is 13.2. The largest absolute Gasteiger partial charge is 0.460 e. The Morgan fingerprint density at radius 1 is 1.33 bits per heavy atom. The second-order valence-electron chi connectivity index (χ2n) is 5.30. The molecule has 18 heavy (non-hydrogen) atoms. The summed E-state index contributed by atoms with van der Waals surface area (Å²) in [6.45, 7) is 5.60. The minimum atomic E-state index is -0.437. The van der Waals surface area contributed by atoms with Gasteiger partial charge in [0.2, 0.25) is 0 Å². The van der Waals surface area contributed by atoms with E-state index in [1.807, 2.05) is 51.2 Å². The maximum Gasteiger partial charge on any atom is 0.310 e. The summed E-state index contributed by atoms with van der Waals surface area (Å²) in [6.07, 6.45) is 4.10. The van der Waals surface area contributed by atoms with Crippen LogP contribution in [0.1, 0.15) is 26.3 Å². The Labute approximate surface area is 107 Å². The SMILES string of the molecule is CC(C)(C)OC(=O)[CH]Cc1c[nH]c2ccccc12. The number of ether oxygens (including phenoxy) is 1. The molecular formula is C15H18NO2. The highest BCUT2D eigenvalue weighted by Crippen LogP contribution is 2.19. The molecule has 3 nitrogen and oxygen atoms in total. The summed E-state index contributed by atoms with van der Waals surface area (Å²) in [7, 11) is 0. The normalized spacial score (nSPS) is 11.7. The fraction of sp³-hybridized carbons (Fsp3) is 0.333. The standard InChI is InChI=1S/C15H18NO2/c1-15(2,3)18-14(17)9-8-11-10-16-13-7-5-4-6-12(11)13/h4-7,9-10,16H,8H2,1-3H3. The van der Waals surface area contributed by atoms with Crippen molar-refractivity contribution >= 4 is 16.9 Å². The molecule has 2 rings (SSSR count). The lowest BCUT2D eigenvalue weighted by Gasteiger charge is -2.19. The topological polar surface area (TPSA) is 42.1 Å². The van der Waals surface area contributed by atoms with Crippen molar-refractivity contribution in [3.8, 4) is 0 Å². The van der Waals surface area contributed by atoms with Crippen molar-refractivity contribution in [1.29, 1.82) is 0 Å². The average Bonchev–Trinajstić information content (AvgIpc) is 2.67. The fourth-order valence-corrected chi connectivity index (χ4v) is 1.84. The minimum absolute atomic E-state index is 0.271. The number of esters is 1. The Hall–Kier alpha value is -1.77. The van der Waals surface area contributed by atoms with Gasteiger partial charge >= 0.3 is 5.97 Å². The van der Waals surface area contributed by atoms with Crippen LogP contribution >= 0.6 is 0 Å². The molecule has 3 heteroatoms. The van der Waals surface area contributed by atoms with Crippen LogP contribution in [-0.4, -0.2) is 16.6 Å². The molecule has 0 spiro atoms. The molecule has 1 N–H and O–H groups in total. The van der Waals surface area contributed by atoms with Crippen LogP contribution in [-0.2, 0) is 16.0 Å². The van der Waals surface area contributed by atoms with Crippen molar-refractivity contribution in [1.82, 2.24) is 4.98 Å². The predicted molar refractivity (Wildman–Crippen MR) is 72.1 cm³/mol. The molecule has 0 atom stereocenters. The van der Waals surface area contributed by atoms with Gasteiger partial charge in [0.15, 0.2) is 0 Å². The first-order chi connectivity index (χ1) is 8.46. The van der Waals surface area contributed by atoms with Crippen molar-refractivity contribution in [2.24, 2.45) is 0 Å². The van der Waals surface area contributed by atoms with E-state index in [2.05, 4.69) is 4.98 Å². The quantitative estimate of drug-likeness (QED) is 0.842. The van der Waals surface area contributed by atoms with Gasteiger partial charge in [-0.1, -0.05) is 18.2 Å². The van der Waals surface area contributed by atoms with E-state index in [1.165, 1.54) is 0 Å². The van der Waals surface area contributed by atoms with Gasteiger partial charge in [-0.3, -0.25) is 4.79 Å². The molecular weight excluding hydrogens is 226 g/mol. The number of hydrogen-bond donors (Lipinski definition) is 1. The summed E-state index contributed by atoms with van der Waals surface area (Å²) in [5, 5.41) is 1.15. The predicted octanol–water partition coefficient (Wildman–Crippen LogP) is 3.26. The van der Waals surface area contributed by atoms with Crippen LogP contribution in [0.15, 0.2) is 30.5 Å². The van der Waals surface area contributed by atoms with Gasteiger partial charge in [0.05, 0.1) is 6.42 Å². The Balaban J connectivity index is 2.00. The average molecular weight is 244 g/mol. The van der Waals surface area contributed by atoms with E-state index in [-0.39, 0.29) is 5.97 Å². The Morgan fingerprint density at radius 3 is 2.78 bits per heavy atom. The zero-order valence-corrected chi connectivity index (χ0v) is 11.0. The fourth-order valence-electron chi connectivity index (χ4n) is 1.84. The van der Waals surface area contributed by atoms with Gasteiger partial charge in [-0.25, -0.2) is 0 Å². The molecule has 1 aromatic heterocycles. The van der Waals surface area contributed by atoms with Gasteiger partial charge in [-0.15, -0.1) is 0 Å². The van der Waals surface area contributed by atoms with Crippen LogP contribution in [0.3, 0.4) is 0 Å².